The number of halogens is 3. The number of hydrogen-bond donors (Lipinski definition) is 6. The van der Waals surface area contributed by atoms with Crippen LogP contribution in [-0.2, 0) is 22.7 Å². The van der Waals surface area contributed by atoms with Crippen molar-refractivity contribution in [3.8, 4) is 11.3 Å². The number of amidine groups is 1. The van der Waals surface area contributed by atoms with Crippen LogP contribution in [0.4, 0.5) is 30.4 Å². The molecule has 0 fully saturated rings. The van der Waals surface area contributed by atoms with Crippen LogP contribution in [0.15, 0.2) is 53.5 Å². The van der Waals surface area contributed by atoms with E-state index in [1.165, 1.54) is 18.3 Å². The molecule has 206 valence electrons. The number of benzene rings is 2. The first-order valence-electron chi connectivity index (χ1n) is 11.6. The lowest BCUT2D eigenvalue weighted by Gasteiger charge is -2.17. The summed E-state index contributed by atoms with van der Waals surface area (Å²) in [6, 6.07) is 10.2. The smallest absolute Gasteiger partial charge is 0.399 e. The minimum Gasteiger partial charge on any atom is -0.399 e. The van der Waals surface area contributed by atoms with Crippen LogP contribution in [0, 0.1) is 5.41 Å². The van der Waals surface area contributed by atoms with Crippen molar-refractivity contribution in [1.82, 2.24) is 14.9 Å². The van der Waals surface area contributed by atoms with Crippen LogP contribution in [0.1, 0.15) is 25.0 Å². The van der Waals surface area contributed by atoms with Gasteiger partial charge in [0.05, 0.1) is 11.9 Å². The lowest BCUT2D eigenvalue weighted by Crippen LogP contribution is -2.35. The number of nitrogens with one attached hydrogen (secondary N) is 4. The van der Waals surface area contributed by atoms with E-state index in [0.717, 1.165) is 16.2 Å². The molecule has 0 bridgehead atoms. The van der Waals surface area contributed by atoms with Gasteiger partial charge in [-0.2, -0.15) is 13.2 Å². The standard InChI is InChI=1S/C25H27F3N8O3/c1-13(2)34-22-23(38)36(12-20(37)32-10-14-3-5-15(6-4-14)21(30)31)19(11-33-22)16-7-17(29)9-18(8-16)35-24(39)25(26,27)28/h3-9,11,13H,10,12,29H2,1-2H3,(H3,30,31)(H,32,37)(H,33,34)(H,35,39). The SMILES string of the molecule is CC(C)Nc1ncc(-c2cc(N)cc(NC(=O)C(F)(F)F)c2)n(CC(=O)NCc2ccc(C(=N)N)cc2)c1=O. The molecule has 2 amide bonds. The van der Waals surface area contributed by atoms with Gasteiger partial charge in [0.15, 0.2) is 5.82 Å². The summed E-state index contributed by atoms with van der Waals surface area (Å²) in [6.45, 7) is 3.25. The molecule has 0 atom stereocenters. The minimum absolute atomic E-state index is 0.00631. The topological polar surface area (TPSA) is 181 Å². The summed E-state index contributed by atoms with van der Waals surface area (Å²) in [5.41, 5.74) is 11.9. The normalized spacial score (nSPS) is 11.2. The van der Waals surface area contributed by atoms with Crippen molar-refractivity contribution < 1.29 is 22.8 Å². The van der Waals surface area contributed by atoms with Crippen molar-refractivity contribution in [2.75, 3.05) is 16.4 Å². The maximum atomic E-state index is 13.3. The van der Waals surface area contributed by atoms with Gasteiger partial charge in [0.25, 0.3) is 5.56 Å². The van der Waals surface area contributed by atoms with Crippen molar-refractivity contribution in [2.45, 2.75) is 39.2 Å². The van der Waals surface area contributed by atoms with Gasteiger partial charge in [0.1, 0.15) is 12.4 Å². The Balaban J connectivity index is 1.93. The van der Waals surface area contributed by atoms with E-state index in [1.807, 2.05) is 0 Å². The number of nitrogens with zero attached hydrogens (tertiary/aromatic N) is 2. The number of hydrogen-bond acceptors (Lipinski definition) is 7. The highest BCUT2D eigenvalue weighted by molar-refractivity contribution is 5.96. The van der Waals surface area contributed by atoms with Crippen LogP contribution in [0.25, 0.3) is 11.3 Å². The zero-order valence-electron chi connectivity index (χ0n) is 21.0. The van der Waals surface area contributed by atoms with Crippen molar-refractivity contribution in [1.29, 1.82) is 5.41 Å². The van der Waals surface area contributed by atoms with Crippen LogP contribution in [0.3, 0.4) is 0 Å². The quantitative estimate of drug-likeness (QED) is 0.136. The maximum Gasteiger partial charge on any atom is 0.471 e. The van der Waals surface area contributed by atoms with Crippen LogP contribution < -0.4 is 33.0 Å². The van der Waals surface area contributed by atoms with Crippen molar-refractivity contribution in [3.63, 3.8) is 0 Å². The van der Waals surface area contributed by atoms with Crippen molar-refractivity contribution >= 4 is 34.8 Å². The monoisotopic (exact) mass is 544 g/mol. The number of amides is 2. The van der Waals surface area contributed by atoms with Crippen molar-refractivity contribution in [2.24, 2.45) is 5.73 Å². The molecule has 0 saturated carbocycles. The second-order valence-corrected chi connectivity index (χ2v) is 8.87. The summed E-state index contributed by atoms with van der Waals surface area (Å²) in [6.07, 6.45) is -3.84. The molecule has 0 spiro atoms. The lowest BCUT2D eigenvalue weighted by atomic mass is 10.1. The highest BCUT2D eigenvalue weighted by atomic mass is 19.4. The predicted molar refractivity (Wildman–Crippen MR) is 141 cm³/mol. The van der Waals surface area contributed by atoms with E-state index in [1.54, 1.807) is 43.4 Å². The number of nitrogen functional groups attached to an aromatic ring is 2. The fourth-order valence-corrected chi connectivity index (χ4v) is 3.52. The minimum atomic E-state index is -5.12. The zero-order chi connectivity index (χ0) is 28.9. The zero-order valence-corrected chi connectivity index (χ0v) is 21.0. The molecule has 1 aromatic heterocycles. The molecular formula is C25H27F3N8O3. The second kappa shape index (κ2) is 11.7. The predicted octanol–water partition coefficient (Wildman–Crippen LogP) is 2.41. The van der Waals surface area contributed by atoms with E-state index in [4.69, 9.17) is 16.9 Å². The largest absolute Gasteiger partial charge is 0.471 e. The van der Waals surface area contributed by atoms with Crippen LogP contribution in [0.5, 0.6) is 0 Å². The molecule has 0 radical (unpaired) electrons. The molecular weight excluding hydrogens is 517 g/mol. The van der Waals surface area contributed by atoms with Gasteiger partial charge in [-0.15, -0.1) is 0 Å². The summed E-state index contributed by atoms with van der Waals surface area (Å²) in [5, 5.41) is 14.8. The van der Waals surface area contributed by atoms with Crippen LogP contribution in [0.2, 0.25) is 0 Å². The van der Waals surface area contributed by atoms with Gasteiger partial charge in [0.2, 0.25) is 5.91 Å². The summed E-state index contributed by atoms with van der Waals surface area (Å²) >= 11 is 0. The second-order valence-electron chi connectivity index (χ2n) is 8.87. The number of carbonyl (C=O) groups excluding carboxylic acids is 2. The Morgan fingerprint density at radius 1 is 1.13 bits per heavy atom. The number of aromatic nitrogens is 2. The molecule has 14 heteroatoms. The maximum absolute atomic E-state index is 13.3. The highest BCUT2D eigenvalue weighted by Gasteiger charge is 2.38. The average Bonchev–Trinajstić information content (AvgIpc) is 2.84. The van der Waals surface area contributed by atoms with Gasteiger partial charge in [-0.3, -0.25) is 24.4 Å². The van der Waals surface area contributed by atoms with Gasteiger partial charge in [-0.05, 0) is 37.6 Å². The molecule has 3 rings (SSSR count). The first kappa shape index (κ1) is 28.7. The summed E-state index contributed by atoms with van der Waals surface area (Å²) in [7, 11) is 0. The first-order chi connectivity index (χ1) is 18.2. The molecule has 39 heavy (non-hydrogen) atoms. The van der Waals surface area contributed by atoms with Gasteiger partial charge in [-0.1, -0.05) is 24.3 Å². The Bertz CT molecular complexity index is 1450. The lowest BCUT2D eigenvalue weighted by molar-refractivity contribution is -0.167. The van der Waals surface area contributed by atoms with E-state index in [-0.39, 0.29) is 46.9 Å². The molecule has 0 unspecified atom stereocenters. The third-order valence-electron chi connectivity index (χ3n) is 5.30. The van der Waals surface area contributed by atoms with Crippen LogP contribution >= 0.6 is 0 Å². The Hall–Kier alpha value is -4.88. The molecule has 2 aromatic carbocycles. The van der Waals surface area contributed by atoms with Crippen LogP contribution in [-0.4, -0.2) is 39.4 Å². The highest BCUT2D eigenvalue weighted by Crippen LogP contribution is 2.27. The molecule has 0 aliphatic carbocycles. The van der Waals surface area contributed by atoms with E-state index in [0.29, 0.717) is 5.56 Å². The molecule has 1 heterocycles. The molecule has 0 saturated heterocycles. The van der Waals surface area contributed by atoms with Gasteiger partial charge in [-0.25, -0.2) is 4.98 Å². The Labute approximate surface area is 220 Å². The Morgan fingerprint density at radius 2 is 1.79 bits per heavy atom. The summed E-state index contributed by atoms with van der Waals surface area (Å²) < 4.78 is 39.4. The van der Waals surface area contributed by atoms with Gasteiger partial charge >= 0.3 is 12.1 Å². The van der Waals surface area contributed by atoms with E-state index < -0.39 is 30.1 Å². The number of anilines is 3. The number of carbonyl (C=O) groups is 2. The third kappa shape index (κ3) is 7.56. The fraction of sp³-hybridized carbons (Fsp3) is 0.240. The molecule has 0 aliphatic heterocycles. The Morgan fingerprint density at radius 3 is 2.38 bits per heavy atom. The van der Waals surface area contributed by atoms with E-state index in [2.05, 4.69) is 15.6 Å². The molecule has 11 nitrogen and oxygen atoms in total. The summed E-state index contributed by atoms with van der Waals surface area (Å²) in [5.74, 6) is -2.86. The summed E-state index contributed by atoms with van der Waals surface area (Å²) in [4.78, 5) is 41.7. The van der Waals surface area contributed by atoms with Gasteiger partial charge < -0.3 is 27.4 Å². The van der Waals surface area contributed by atoms with Gasteiger partial charge in [0, 0.05) is 35.1 Å². The number of nitrogens with two attached hydrogens (primary N) is 2. The fourth-order valence-electron chi connectivity index (χ4n) is 3.52. The van der Waals surface area contributed by atoms with E-state index in [9.17, 15) is 27.6 Å². The first-order valence-corrected chi connectivity index (χ1v) is 11.6. The Kier molecular flexibility index (Phi) is 8.58. The molecule has 3 aromatic rings. The third-order valence-corrected chi connectivity index (χ3v) is 5.30. The molecule has 0 aliphatic rings. The van der Waals surface area contributed by atoms with E-state index >= 15 is 0 Å². The number of rotatable bonds is 9. The number of alkyl halides is 3. The van der Waals surface area contributed by atoms with Crippen molar-refractivity contribution in [3.05, 3.63) is 70.1 Å². The average molecular weight is 545 g/mol. The molecule has 8 N–H and O–H groups in total.